The number of benzene rings is 15. The molecule has 0 unspecified atom stereocenters. The van der Waals surface area contributed by atoms with Gasteiger partial charge in [0.1, 0.15) is 22.3 Å². The summed E-state index contributed by atoms with van der Waals surface area (Å²) in [5, 5.41) is 7.07. The number of thiophene rings is 1. The third-order valence-corrected chi connectivity index (χ3v) is 22.3. The van der Waals surface area contributed by atoms with Gasteiger partial charge in [0.05, 0.1) is 112 Å². The Bertz CT molecular complexity index is 7490. The summed E-state index contributed by atoms with van der Waals surface area (Å²) in [5.74, 6) is 0. The molecule has 8 heterocycles. The highest BCUT2D eigenvalue weighted by Gasteiger charge is 2.19. The van der Waals surface area contributed by atoms with Gasteiger partial charge < -0.3 is 8.83 Å². The Morgan fingerprint density at radius 2 is 0.508 bits per heavy atom. The van der Waals surface area contributed by atoms with Crippen LogP contribution in [0.15, 0.2) is 367 Å². The predicted molar refractivity (Wildman–Crippen MR) is 487 cm³/mol. The molecule has 118 heavy (non-hydrogen) atoms. The van der Waals surface area contributed by atoms with E-state index in [1.54, 1.807) is 0 Å². The molecule has 23 rings (SSSR count). The number of hydrogen-bond donors (Lipinski definition) is 0. The van der Waals surface area contributed by atoms with Crippen molar-refractivity contribution in [3.8, 4) is 78.5 Å². The number of fused-ring (bicyclic) bond motifs is 14. The van der Waals surface area contributed by atoms with Crippen molar-refractivity contribution in [3.63, 3.8) is 0 Å². The summed E-state index contributed by atoms with van der Waals surface area (Å²) >= 11 is 1.84. The van der Waals surface area contributed by atoms with Crippen LogP contribution in [0.5, 0.6) is 0 Å². The minimum atomic E-state index is 0.867. The minimum Gasteiger partial charge on any atom is -0.456 e. The summed E-state index contributed by atoms with van der Waals surface area (Å²) < 4.78 is 14.7. The standard InChI is InChI=1S/2C21H14N2O.C21H14N2S.2C21H16N2/c1-13-20(23-18-11-4-3-10-17(18)22-13)16-9-6-8-15-14-7-2-5-12-19(14)24-21(15)16;2*1-13-21(23-18-8-4-3-7-17(18)22-13)14-10-11-20-16(12-14)15-6-2-5-9-19(15)24-20;1-15-21(17-10-6-3-7-11-17)23-19-13-12-18(14-20(19)22-15)16-8-4-2-5-9-16;1-15-21(17-10-6-3-7-11-17)23-20-14-18(12-13-19(20)22-15)16-8-4-2-5-9-16/h3*2-12H,1H3;2*2-14H,1H3. The van der Waals surface area contributed by atoms with Crippen molar-refractivity contribution in [1.82, 2.24) is 49.8 Å². The lowest BCUT2D eigenvalue weighted by molar-refractivity contribution is 0.669. The largest absolute Gasteiger partial charge is 0.456 e. The maximum atomic E-state index is 6.14. The predicted octanol–water partition coefficient (Wildman–Crippen LogP) is 27.5. The Kier molecular flexibility index (Phi) is 19.8. The number of nitrogens with zero attached hydrogens (tertiary/aromatic N) is 10. The fraction of sp³-hybridized carbons (Fsp3) is 0.0476. The third-order valence-electron chi connectivity index (χ3n) is 21.2. The van der Waals surface area contributed by atoms with Crippen molar-refractivity contribution >= 4 is 131 Å². The van der Waals surface area contributed by atoms with E-state index in [-0.39, 0.29) is 0 Å². The number of furan rings is 2. The molecular formula is C105H74N10O2S. The summed E-state index contributed by atoms with van der Waals surface area (Å²) in [4.78, 5) is 47.8. The summed E-state index contributed by atoms with van der Waals surface area (Å²) in [6.45, 7) is 10.1. The van der Waals surface area contributed by atoms with Gasteiger partial charge in [-0.15, -0.1) is 11.3 Å². The maximum Gasteiger partial charge on any atom is 0.144 e. The first-order valence-corrected chi connectivity index (χ1v) is 40.1. The minimum absolute atomic E-state index is 0.867. The fourth-order valence-electron chi connectivity index (χ4n) is 15.4. The molecule has 0 aliphatic heterocycles. The fourth-order valence-corrected chi connectivity index (χ4v) is 16.5. The molecule has 12 nitrogen and oxygen atoms in total. The first-order valence-electron chi connectivity index (χ1n) is 39.2. The van der Waals surface area contributed by atoms with E-state index in [0.717, 1.165) is 189 Å². The van der Waals surface area contributed by atoms with Gasteiger partial charge in [0.15, 0.2) is 0 Å². The molecule has 8 aromatic heterocycles. The summed E-state index contributed by atoms with van der Waals surface area (Å²) in [6.07, 6.45) is 0. The van der Waals surface area contributed by atoms with Gasteiger partial charge >= 0.3 is 0 Å². The zero-order valence-corrected chi connectivity index (χ0v) is 66.1. The topological polar surface area (TPSA) is 155 Å². The lowest BCUT2D eigenvalue weighted by Crippen LogP contribution is -1.94. The second-order valence-electron chi connectivity index (χ2n) is 29.0. The number of rotatable bonds is 7. The van der Waals surface area contributed by atoms with E-state index in [2.05, 4.69) is 188 Å². The van der Waals surface area contributed by atoms with Crippen LogP contribution in [0.25, 0.3) is 198 Å². The van der Waals surface area contributed by atoms with Crippen LogP contribution in [0.1, 0.15) is 28.5 Å². The monoisotopic (exact) mass is 1540 g/mol. The van der Waals surface area contributed by atoms with Crippen LogP contribution in [0.3, 0.4) is 0 Å². The van der Waals surface area contributed by atoms with Crippen LogP contribution < -0.4 is 0 Å². The summed E-state index contributed by atoms with van der Waals surface area (Å²) in [5.41, 5.74) is 32.3. The Hall–Kier alpha value is -15.2. The van der Waals surface area contributed by atoms with Crippen LogP contribution in [0.2, 0.25) is 0 Å². The highest BCUT2D eigenvalue weighted by molar-refractivity contribution is 7.25. The molecule has 15 aromatic carbocycles. The van der Waals surface area contributed by atoms with Crippen molar-refractivity contribution in [1.29, 1.82) is 0 Å². The molecule has 0 N–H and O–H groups in total. The van der Waals surface area contributed by atoms with Crippen LogP contribution in [-0.2, 0) is 0 Å². The van der Waals surface area contributed by atoms with Crippen LogP contribution >= 0.6 is 11.3 Å². The van der Waals surface area contributed by atoms with Gasteiger partial charge in [-0.3, -0.25) is 0 Å². The van der Waals surface area contributed by atoms with Gasteiger partial charge in [-0.05, 0) is 172 Å². The molecule has 0 spiro atoms. The molecule has 0 aliphatic carbocycles. The van der Waals surface area contributed by atoms with E-state index in [1.807, 2.05) is 216 Å². The summed E-state index contributed by atoms with van der Waals surface area (Å²) in [7, 11) is 0. The molecule has 0 saturated heterocycles. The van der Waals surface area contributed by atoms with Gasteiger partial charge in [0.2, 0.25) is 0 Å². The Balaban J connectivity index is 0.0000000980. The van der Waals surface area contributed by atoms with Gasteiger partial charge in [0.25, 0.3) is 0 Å². The smallest absolute Gasteiger partial charge is 0.144 e. The zero-order chi connectivity index (χ0) is 79.6. The molecule has 0 fully saturated rings. The quantitative estimate of drug-likeness (QED) is 0.149. The average Bonchev–Trinajstić information content (AvgIpc) is 1.59. The normalized spacial score (nSPS) is 11.3. The molecule has 23 aromatic rings. The van der Waals surface area contributed by atoms with Crippen molar-refractivity contribution < 1.29 is 8.83 Å². The van der Waals surface area contributed by atoms with Crippen LogP contribution in [0.4, 0.5) is 0 Å². The number of hydrogen-bond acceptors (Lipinski definition) is 13. The molecular weight excluding hydrogens is 1470 g/mol. The molecule has 562 valence electrons. The van der Waals surface area contributed by atoms with Crippen molar-refractivity contribution in [2.24, 2.45) is 0 Å². The highest BCUT2D eigenvalue weighted by Crippen LogP contribution is 2.40. The lowest BCUT2D eigenvalue weighted by atomic mass is 10.0. The number of para-hydroxylation sites is 9. The van der Waals surface area contributed by atoms with Crippen LogP contribution in [-0.4, -0.2) is 49.8 Å². The van der Waals surface area contributed by atoms with Gasteiger partial charge in [-0.1, -0.05) is 243 Å². The van der Waals surface area contributed by atoms with Gasteiger partial charge in [-0.2, -0.15) is 0 Å². The van der Waals surface area contributed by atoms with E-state index in [1.165, 1.54) is 36.9 Å². The molecule has 0 bridgehead atoms. The Morgan fingerprint density at radius 1 is 0.186 bits per heavy atom. The second kappa shape index (κ2) is 32.0. The zero-order valence-electron chi connectivity index (χ0n) is 65.3. The van der Waals surface area contributed by atoms with E-state index in [9.17, 15) is 0 Å². The molecule has 0 aliphatic rings. The van der Waals surface area contributed by atoms with Crippen molar-refractivity contribution in [2.75, 3.05) is 0 Å². The van der Waals surface area contributed by atoms with Gasteiger partial charge in [0, 0.05) is 69.5 Å². The number of aryl methyl sites for hydroxylation is 5. The molecule has 13 heteroatoms. The second-order valence-corrected chi connectivity index (χ2v) is 30.1. The average molecular weight is 1540 g/mol. The first kappa shape index (κ1) is 73.0. The van der Waals surface area contributed by atoms with Crippen molar-refractivity contribution in [3.05, 3.63) is 386 Å². The van der Waals surface area contributed by atoms with Gasteiger partial charge in [-0.25, -0.2) is 49.8 Å². The number of aromatic nitrogens is 10. The summed E-state index contributed by atoms with van der Waals surface area (Å²) in [6, 6.07) is 121. The maximum absolute atomic E-state index is 6.14. The van der Waals surface area contributed by atoms with E-state index < -0.39 is 0 Å². The van der Waals surface area contributed by atoms with E-state index in [0.29, 0.717) is 0 Å². The van der Waals surface area contributed by atoms with E-state index in [4.69, 9.17) is 58.7 Å². The Morgan fingerprint density at radius 3 is 1.03 bits per heavy atom. The molecule has 0 atom stereocenters. The molecule has 0 saturated carbocycles. The third kappa shape index (κ3) is 14.8. The molecule has 0 amide bonds. The van der Waals surface area contributed by atoms with Crippen LogP contribution in [0, 0.1) is 34.6 Å². The lowest BCUT2D eigenvalue weighted by Gasteiger charge is -2.08. The Labute approximate surface area is 684 Å². The van der Waals surface area contributed by atoms with Crippen molar-refractivity contribution in [2.45, 2.75) is 34.6 Å². The molecule has 0 radical (unpaired) electrons. The van der Waals surface area contributed by atoms with E-state index >= 15 is 0 Å². The highest BCUT2D eigenvalue weighted by atomic mass is 32.1. The SMILES string of the molecule is Cc1nc2cc(-c3ccccc3)ccc2nc1-c1ccccc1.Cc1nc2ccc(-c3ccccc3)cc2nc1-c1ccccc1.Cc1nc2ccccc2nc1-c1ccc2oc3ccccc3c2c1.Cc1nc2ccccc2nc1-c1ccc2sc3ccccc3c2c1.Cc1nc2ccccc2nc1-c1cccc2c1oc1ccccc12. The first-order chi connectivity index (χ1) is 58.0.